The standard InChI is InChI=1S/2HI.2Sm/h2*1H;;/q;;;+2/p-2. The summed E-state index contributed by atoms with van der Waals surface area (Å²) in [5.74, 6) is 0. The number of hydrogen-bond acceptors (Lipinski definition) is 0. The Morgan fingerprint density at radius 2 is 1.25 bits per heavy atom. The molecule has 0 aliphatic heterocycles. The van der Waals surface area contributed by atoms with Crippen LogP contribution in [0.25, 0.3) is 0 Å². The topological polar surface area (TPSA) is 0 Å². The Bertz CT molecular complexity index is 4.00. The van der Waals surface area contributed by atoms with Crippen molar-refractivity contribution >= 4 is 28.6 Å². The molecule has 0 fully saturated rings. The fraction of sp³-hybridized carbons (Fsp3) is 0. The van der Waals surface area contributed by atoms with E-state index in [1.807, 2.05) is 0 Å². The average Bonchev–Trinajstić information content (AvgIpc) is 0.918. The van der Waals surface area contributed by atoms with E-state index in [1.165, 1.54) is 0 Å². The van der Waals surface area contributed by atoms with Crippen LogP contribution in [0.5, 0.6) is 0 Å². The molecule has 0 radical (unpaired) electrons. The summed E-state index contributed by atoms with van der Waals surface area (Å²) in [6, 6.07) is 0. The predicted molar refractivity (Wildman–Crippen MR) is 28.0 cm³/mol. The van der Waals surface area contributed by atoms with Crippen LogP contribution in [-0.2, 0) is 0 Å². The first-order valence-electron chi connectivity index (χ1n) is 0.309. The van der Waals surface area contributed by atoms with Crippen LogP contribution in [0.3, 0.4) is 0 Å². The molecule has 0 heterocycles. The van der Waals surface area contributed by atoms with Gasteiger partial charge in [-0.25, -0.2) is 0 Å². The summed E-state index contributed by atoms with van der Waals surface area (Å²) in [5, 5.41) is 0. The van der Waals surface area contributed by atoms with Gasteiger partial charge in [0.05, 0.1) is 0 Å². The van der Waals surface area contributed by atoms with Gasteiger partial charge in [-0.2, -0.15) is 0 Å². The Hall–Kier alpha value is 4.14. The summed E-state index contributed by atoms with van der Waals surface area (Å²) < 4.78 is 0. The third kappa shape index (κ3) is 9.46. The van der Waals surface area contributed by atoms with Gasteiger partial charge in [0.1, 0.15) is 0 Å². The van der Waals surface area contributed by atoms with Crippen molar-refractivity contribution in [2.45, 2.75) is 0 Å². The molecular formula is I2Sm2. The molecule has 0 saturated heterocycles. The number of halogens is 2. The zero-order chi connectivity index (χ0) is 2.71. The largest absolute Gasteiger partial charge is 0 e. The van der Waals surface area contributed by atoms with Gasteiger partial charge in [-0.05, 0) is 0 Å². The summed E-state index contributed by atoms with van der Waals surface area (Å²) in [6.45, 7) is 0. The molecule has 0 N–H and O–H groups in total. The molecule has 4 heavy (non-hydrogen) atoms. The van der Waals surface area contributed by atoms with Gasteiger partial charge < -0.3 is 0 Å². The number of rotatable bonds is 0. The average molecular weight is 555 g/mol. The smallest absolute Gasteiger partial charge is 0 e. The van der Waals surface area contributed by atoms with E-state index in [1.54, 1.807) is 0 Å². The zero-order valence-electron chi connectivity index (χ0n) is 1.57. The molecule has 0 rings (SSSR count). The van der Waals surface area contributed by atoms with Crippen molar-refractivity contribution in [3.63, 3.8) is 0 Å². The van der Waals surface area contributed by atoms with E-state index in [0.717, 1.165) is 0 Å². The summed E-state index contributed by atoms with van der Waals surface area (Å²) in [6.07, 6.45) is 0. The van der Waals surface area contributed by atoms with Crippen LogP contribution >= 0.6 is 28.6 Å². The monoisotopic (exact) mass is 558 g/mol. The second-order valence-electron chi connectivity index (χ2n) is 0.0583. The molecule has 0 aromatic rings. The van der Waals surface area contributed by atoms with E-state index in [4.69, 9.17) is 0 Å². The minimum absolute atomic E-state index is 0. The zero-order valence-corrected chi connectivity index (χ0v) is 11.1. The predicted octanol–water partition coefficient (Wildman–Crippen LogP) is 1.77. The SMILES string of the molecule is [I][Sm][I].[Sm]. The molecule has 0 aromatic carbocycles. The van der Waals surface area contributed by atoms with Gasteiger partial charge in [-0.1, -0.05) is 0 Å². The maximum atomic E-state index is 2.44. The van der Waals surface area contributed by atoms with Crippen LogP contribution in [0.1, 0.15) is 0 Å². The third-order valence-corrected chi connectivity index (χ3v) is 0. The van der Waals surface area contributed by atoms with Crippen LogP contribution in [0.4, 0.5) is 0 Å². The molecule has 0 spiro atoms. The maximum absolute atomic E-state index is 2.44. The van der Waals surface area contributed by atoms with Crippen LogP contribution < -0.4 is 0 Å². The van der Waals surface area contributed by atoms with E-state index >= 15 is 0 Å². The molecule has 0 aromatic heterocycles. The maximum Gasteiger partial charge on any atom is 0 e. The Morgan fingerprint density at radius 1 is 1.25 bits per heavy atom. The Labute approximate surface area is 90.6 Å². The quantitative estimate of drug-likeness (QED) is 0.401. The van der Waals surface area contributed by atoms with Crippen molar-refractivity contribution in [1.82, 2.24) is 0 Å². The molecule has 0 amide bonds. The fourth-order valence-corrected chi connectivity index (χ4v) is 0. The summed E-state index contributed by atoms with van der Waals surface area (Å²) in [7, 11) is 0. The van der Waals surface area contributed by atoms with Crippen molar-refractivity contribution in [2.24, 2.45) is 0 Å². The van der Waals surface area contributed by atoms with Gasteiger partial charge in [0.2, 0.25) is 0 Å². The van der Waals surface area contributed by atoms with E-state index in [-0.39, 0.29) is 65.8 Å². The summed E-state index contributed by atoms with van der Waals surface area (Å²) in [5.41, 5.74) is 0. The van der Waals surface area contributed by atoms with E-state index in [2.05, 4.69) is 28.6 Å². The van der Waals surface area contributed by atoms with Gasteiger partial charge in [0.25, 0.3) is 0 Å². The minimum Gasteiger partial charge on any atom is 0 e. The molecular weight excluding hydrogens is 555 g/mol. The van der Waals surface area contributed by atoms with E-state index in [9.17, 15) is 0 Å². The first-order chi connectivity index (χ1) is 1.41. The molecule has 4 heteroatoms. The Morgan fingerprint density at radius 3 is 1.25 bits per heavy atom. The van der Waals surface area contributed by atoms with Gasteiger partial charge in [0.15, 0.2) is 0 Å². The molecule has 0 nitrogen and oxygen atoms in total. The van der Waals surface area contributed by atoms with E-state index in [0.29, 0.717) is 0 Å². The summed E-state index contributed by atoms with van der Waals surface area (Å²) >= 11 is 5.07. The normalized spacial score (nSPS) is 4.50. The molecule has 0 saturated carbocycles. The van der Waals surface area contributed by atoms with Crippen LogP contribution in [0.2, 0.25) is 0 Å². The van der Waals surface area contributed by atoms with Crippen molar-refractivity contribution < 1.29 is 65.8 Å². The van der Waals surface area contributed by atoms with Crippen molar-refractivity contribution in [3.05, 3.63) is 0 Å². The molecule has 26 valence electrons. The van der Waals surface area contributed by atoms with Gasteiger partial charge >= 0.3 is 54.0 Å². The first-order valence-corrected chi connectivity index (χ1v) is 15.4. The van der Waals surface area contributed by atoms with E-state index < -0.39 is 0 Å². The third-order valence-electron chi connectivity index (χ3n) is 0. The van der Waals surface area contributed by atoms with Crippen LogP contribution in [0.15, 0.2) is 0 Å². The fourth-order valence-electron chi connectivity index (χ4n) is 0. The molecule has 0 atom stereocenters. The first kappa shape index (κ1) is 11.0. The second-order valence-corrected chi connectivity index (χ2v) is 19.5. The Kier molecular flexibility index (Phi) is 28.0. The second kappa shape index (κ2) is 10.2. The minimum atomic E-state index is 0. The van der Waals surface area contributed by atoms with Crippen LogP contribution in [-0.4, -0.2) is 0 Å². The van der Waals surface area contributed by atoms with Gasteiger partial charge in [0, 0.05) is 40.4 Å². The van der Waals surface area contributed by atoms with Crippen LogP contribution in [0, 0.1) is 65.8 Å². The van der Waals surface area contributed by atoms with Gasteiger partial charge in [-0.3, -0.25) is 0 Å². The molecule has 0 aliphatic carbocycles. The number of hydrogen-bond donors (Lipinski definition) is 0. The molecule has 0 bridgehead atoms. The Balaban J connectivity index is 0. The molecule has 0 unspecified atom stereocenters. The van der Waals surface area contributed by atoms with Gasteiger partial charge in [-0.15, -0.1) is 0 Å². The van der Waals surface area contributed by atoms with Crippen molar-refractivity contribution in [2.75, 3.05) is 0 Å². The molecule has 0 aliphatic rings. The van der Waals surface area contributed by atoms with Crippen molar-refractivity contribution in [3.8, 4) is 0 Å². The van der Waals surface area contributed by atoms with Crippen molar-refractivity contribution in [1.29, 1.82) is 0 Å². The summed E-state index contributed by atoms with van der Waals surface area (Å²) in [4.78, 5) is 0.